The SMILES string of the molecule is CCCC[PH+](CCCC)c1ccc(C)cc1.c1ccc([B-](c2ccccc2)(c2ccccc2)c2ccccc2)cc1. The van der Waals surface area contributed by atoms with Gasteiger partial charge >= 0.3 is 0 Å². The lowest BCUT2D eigenvalue weighted by Crippen LogP contribution is -2.74. The molecule has 0 atom stereocenters. The molecule has 5 aromatic rings. The average molecular weight is 557 g/mol. The summed E-state index contributed by atoms with van der Waals surface area (Å²) in [7, 11) is -0.264. The van der Waals surface area contributed by atoms with Gasteiger partial charge in [0, 0.05) is 7.92 Å². The van der Waals surface area contributed by atoms with Crippen LogP contribution in [0.5, 0.6) is 0 Å². The van der Waals surface area contributed by atoms with Crippen LogP contribution in [0, 0.1) is 6.92 Å². The van der Waals surface area contributed by atoms with E-state index in [0.29, 0.717) is 0 Å². The molecule has 210 valence electrons. The van der Waals surface area contributed by atoms with Crippen molar-refractivity contribution in [2.45, 2.75) is 46.5 Å². The summed E-state index contributed by atoms with van der Waals surface area (Å²) in [5.41, 5.74) is 6.74. The molecule has 0 nitrogen and oxygen atoms in total. The van der Waals surface area contributed by atoms with Crippen LogP contribution in [0.4, 0.5) is 0 Å². The molecule has 5 aromatic carbocycles. The molecule has 0 saturated heterocycles. The molecule has 0 heterocycles. The van der Waals surface area contributed by atoms with Crippen LogP contribution in [0.2, 0.25) is 0 Å². The highest BCUT2D eigenvalue weighted by Crippen LogP contribution is 2.36. The standard InChI is InChI=1S/C24H20B.C15H25P/c1-5-13-21(14-6-1)25(22-15-7-2-8-16-22,23-17-9-3-10-18-23)24-19-11-4-12-20-24;1-4-6-12-16(13-7-5-2)15-10-8-14(3)9-11-15/h1-20H;8-11H,4-7,12-13H2,1-3H3/q-1;/p+1. The molecule has 0 aliphatic rings. The molecule has 0 fully saturated rings. The number of hydrogen-bond donors (Lipinski definition) is 0. The maximum Gasteiger partial charge on any atom is 0.108 e. The second-order valence-corrected chi connectivity index (χ2v) is 14.0. The summed E-state index contributed by atoms with van der Waals surface area (Å²) in [6.45, 7) is 6.77. The third kappa shape index (κ3) is 7.87. The minimum absolute atomic E-state index is 0.264. The van der Waals surface area contributed by atoms with Crippen molar-refractivity contribution in [3.05, 3.63) is 151 Å². The monoisotopic (exact) mass is 556 g/mol. The Morgan fingerprint density at radius 3 is 1.05 bits per heavy atom. The third-order valence-corrected chi connectivity index (χ3v) is 11.4. The molecule has 0 unspecified atom stereocenters. The van der Waals surface area contributed by atoms with Gasteiger partial charge in [0.15, 0.2) is 0 Å². The van der Waals surface area contributed by atoms with Crippen molar-refractivity contribution in [2.24, 2.45) is 0 Å². The second kappa shape index (κ2) is 16.1. The summed E-state index contributed by atoms with van der Waals surface area (Å²) < 4.78 is 0. The molecule has 0 N–H and O–H groups in total. The fourth-order valence-electron chi connectivity index (χ4n) is 6.10. The predicted molar refractivity (Wildman–Crippen MR) is 189 cm³/mol. The van der Waals surface area contributed by atoms with Crippen molar-refractivity contribution in [2.75, 3.05) is 12.3 Å². The van der Waals surface area contributed by atoms with Crippen LogP contribution in [0.15, 0.2) is 146 Å². The first-order valence-corrected chi connectivity index (χ1v) is 17.4. The van der Waals surface area contributed by atoms with Gasteiger partial charge in [-0.15, -0.1) is 0 Å². The van der Waals surface area contributed by atoms with E-state index in [4.69, 9.17) is 0 Å². The first kappa shape index (κ1) is 30.6. The average Bonchev–Trinajstić information content (AvgIpc) is 3.05. The molecular formula is C39H46BP. The molecule has 0 saturated carbocycles. The number of aryl methyl sites for hydroxylation is 1. The Hall–Kier alpha value is -3.41. The van der Waals surface area contributed by atoms with Crippen molar-refractivity contribution in [3.63, 3.8) is 0 Å². The predicted octanol–water partition coefficient (Wildman–Crippen LogP) is 7.50. The van der Waals surface area contributed by atoms with E-state index >= 15 is 0 Å². The molecule has 2 heteroatoms. The van der Waals surface area contributed by atoms with Gasteiger partial charge < -0.3 is 0 Å². The normalized spacial score (nSPS) is 11.1. The van der Waals surface area contributed by atoms with E-state index in [-0.39, 0.29) is 7.92 Å². The van der Waals surface area contributed by atoms with E-state index in [9.17, 15) is 0 Å². The Morgan fingerprint density at radius 1 is 0.439 bits per heavy atom. The van der Waals surface area contributed by atoms with Gasteiger partial charge in [-0.3, -0.25) is 0 Å². The topological polar surface area (TPSA) is 0 Å². The number of benzene rings is 5. The Morgan fingerprint density at radius 2 is 0.756 bits per heavy atom. The summed E-state index contributed by atoms with van der Waals surface area (Å²) in [6, 6.07) is 52.8. The summed E-state index contributed by atoms with van der Waals surface area (Å²) in [4.78, 5) is 0. The summed E-state index contributed by atoms with van der Waals surface area (Å²) >= 11 is 0. The molecule has 0 amide bonds. The molecule has 0 radical (unpaired) electrons. The Labute approximate surface area is 250 Å². The van der Waals surface area contributed by atoms with Crippen molar-refractivity contribution < 1.29 is 0 Å². The van der Waals surface area contributed by atoms with Crippen LogP contribution in [-0.2, 0) is 0 Å². The summed E-state index contributed by atoms with van der Waals surface area (Å²) in [6.07, 6.45) is 7.21. The van der Waals surface area contributed by atoms with Gasteiger partial charge in [-0.05, 0) is 31.9 Å². The minimum Gasteiger partial charge on any atom is -0.195 e. The van der Waals surface area contributed by atoms with E-state index < -0.39 is 6.15 Å². The maximum atomic E-state index is 2.37. The fraction of sp³-hybridized carbons (Fsp3) is 0.231. The summed E-state index contributed by atoms with van der Waals surface area (Å²) in [5.74, 6) is 0. The molecule has 0 bridgehead atoms. The van der Waals surface area contributed by atoms with Gasteiger partial charge in [-0.2, -0.15) is 21.9 Å². The Bertz CT molecular complexity index is 1210. The molecule has 5 rings (SSSR count). The summed E-state index contributed by atoms with van der Waals surface area (Å²) in [5, 5.41) is 1.65. The largest absolute Gasteiger partial charge is 0.195 e. The zero-order chi connectivity index (χ0) is 28.8. The minimum atomic E-state index is -1.22. The second-order valence-electron chi connectivity index (χ2n) is 11.2. The molecular weight excluding hydrogens is 510 g/mol. The lowest BCUT2D eigenvalue weighted by Gasteiger charge is -2.44. The van der Waals surface area contributed by atoms with Gasteiger partial charge in [0.2, 0.25) is 0 Å². The van der Waals surface area contributed by atoms with Gasteiger partial charge in [-0.1, -0.05) is 166 Å². The van der Waals surface area contributed by atoms with Crippen molar-refractivity contribution in [1.82, 2.24) is 0 Å². The first-order chi connectivity index (χ1) is 20.2. The van der Waals surface area contributed by atoms with Crippen LogP contribution in [0.1, 0.15) is 45.1 Å². The number of unbranched alkanes of at least 4 members (excludes halogenated alkanes) is 2. The van der Waals surface area contributed by atoms with Gasteiger partial charge in [0.05, 0.1) is 17.6 Å². The van der Waals surface area contributed by atoms with Crippen LogP contribution in [-0.4, -0.2) is 18.5 Å². The quantitative estimate of drug-likeness (QED) is 0.117. The van der Waals surface area contributed by atoms with Crippen molar-refractivity contribution >= 4 is 41.2 Å². The van der Waals surface area contributed by atoms with Crippen LogP contribution in [0.25, 0.3) is 0 Å². The molecule has 0 spiro atoms. The van der Waals surface area contributed by atoms with E-state index in [2.05, 4.69) is 166 Å². The first-order valence-electron chi connectivity index (χ1n) is 15.5. The smallest absolute Gasteiger partial charge is 0.108 e. The van der Waals surface area contributed by atoms with E-state index in [1.54, 1.807) is 5.30 Å². The van der Waals surface area contributed by atoms with Crippen LogP contribution >= 0.6 is 7.92 Å². The molecule has 0 aliphatic heterocycles. The Kier molecular flexibility index (Phi) is 12.0. The maximum absolute atomic E-state index is 2.37. The fourth-order valence-corrected chi connectivity index (χ4v) is 9.13. The van der Waals surface area contributed by atoms with E-state index in [1.807, 2.05) is 0 Å². The molecule has 41 heavy (non-hydrogen) atoms. The lowest BCUT2D eigenvalue weighted by molar-refractivity contribution is 0.870. The van der Waals surface area contributed by atoms with Crippen LogP contribution < -0.4 is 27.2 Å². The molecule has 0 aliphatic carbocycles. The van der Waals surface area contributed by atoms with Crippen molar-refractivity contribution in [1.29, 1.82) is 0 Å². The zero-order valence-corrected chi connectivity index (χ0v) is 26.2. The Balaban J connectivity index is 0.000000210. The van der Waals surface area contributed by atoms with Crippen molar-refractivity contribution in [3.8, 4) is 0 Å². The number of hydrogen-bond acceptors (Lipinski definition) is 0. The van der Waals surface area contributed by atoms with Gasteiger partial charge in [0.1, 0.15) is 6.15 Å². The third-order valence-electron chi connectivity index (χ3n) is 8.32. The van der Waals surface area contributed by atoms with Gasteiger partial charge in [0.25, 0.3) is 0 Å². The van der Waals surface area contributed by atoms with E-state index in [0.717, 1.165) is 0 Å². The zero-order valence-electron chi connectivity index (χ0n) is 25.2. The van der Waals surface area contributed by atoms with Gasteiger partial charge in [-0.25, -0.2) is 0 Å². The highest BCUT2D eigenvalue weighted by atomic mass is 31.1. The van der Waals surface area contributed by atoms with E-state index in [1.165, 1.54) is 65.4 Å². The highest BCUT2D eigenvalue weighted by Gasteiger charge is 2.31. The van der Waals surface area contributed by atoms with Crippen LogP contribution in [0.3, 0.4) is 0 Å². The molecule has 0 aromatic heterocycles. The number of rotatable bonds is 11. The highest BCUT2D eigenvalue weighted by molar-refractivity contribution is 7.65. The lowest BCUT2D eigenvalue weighted by atomic mass is 9.13.